The summed E-state index contributed by atoms with van der Waals surface area (Å²) in [5.41, 5.74) is 1.04. The van der Waals surface area contributed by atoms with Gasteiger partial charge in [0.1, 0.15) is 11.8 Å². The minimum atomic E-state index is -0.456. The lowest BCUT2D eigenvalue weighted by molar-refractivity contribution is -0.139. The zero-order valence-corrected chi connectivity index (χ0v) is 6.38. The average molecular weight is 155 g/mol. The van der Waals surface area contributed by atoms with E-state index in [1.165, 1.54) is 0 Å². The average Bonchev–Trinajstić information content (AvgIpc) is 2.17. The summed E-state index contributed by atoms with van der Waals surface area (Å²) < 4.78 is 4.80. The van der Waals surface area contributed by atoms with Gasteiger partial charge in [0.2, 0.25) is 6.41 Å². The number of esters is 1. The van der Waals surface area contributed by atoms with Gasteiger partial charge in [0.05, 0.1) is 0 Å². The maximum absolute atomic E-state index is 10.9. The summed E-state index contributed by atoms with van der Waals surface area (Å²) >= 11 is 0. The first-order valence-corrected chi connectivity index (χ1v) is 3.28. The van der Waals surface area contributed by atoms with E-state index in [0.29, 0.717) is 6.41 Å². The Morgan fingerprint density at radius 2 is 2.27 bits per heavy atom. The first-order valence-electron chi connectivity index (χ1n) is 3.28. The Kier molecular flexibility index (Phi) is 1.94. The summed E-state index contributed by atoms with van der Waals surface area (Å²) in [5, 5.41) is 2.30. The third-order valence-electron chi connectivity index (χ3n) is 1.70. The summed E-state index contributed by atoms with van der Waals surface area (Å²) in [6.45, 7) is 3.51. The molecule has 0 aromatic carbocycles. The van der Waals surface area contributed by atoms with E-state index in [1.807, 2.05) is 0 Å². The van der Waals surface area contributed by atoms with Crippen molar-refractivity contribution in [3.8, 4) is 0 Å². The van der Waals surface area contributed by atoms with Crippen molar-refractivity contribution in [1.82, 2.24) is 5.32 Å². The van der Waals surface area contributed by atoms with Crippen LogP contribution in [0.1, 0.15) is 13.8 Å². The monoisotopic (exact) mass is 155 g/mol. The van der Waals surface area contributed by atoms with Crippen LogP contribution in [0.25, 0.3) is 0 Å². The fraction of sp³-hybridized carbons (Fsp3) is 0.429. The van der Waals surface area contributed by atoms with E-state index in [4.69, 9.17) is 4.74 Å². The van der Waals surface area contributed by atoms with Gasteiger partial charge in [-0.25, -0.2) is 4.79 Å². The summed E-state index contributed by atoms with van der Waals surface area (Å²) in [7, 11) is 0. The lowest BCUT2D eigenvalue weighted by Gasteiger charge is -2.00. The molecule has 0 aromatic heterocycles. The van der Waals surface area contributed by atoms with Crippen LogP contribution in [0, 0.1) is 0 Å². The van der Waals surface area contributed by atoms with Crippen LogP contribution in [0.15, 0.2) is 11.3 Å². The van der Waals surface area contributed by atoms with Crippen molar-refractivity contribution in [2.45, 2.75) is 20.0 Å². The fourth-order valence-electron chi connectivity index (χ4n) is 0.904. The van der Waals surface area contributed by atoms with Gasteiger partial charge in [0, 0.05) is 0 Å². The third-order valence-corrected chi connectivity index (χ3v) is 1.70. The Balaban J connectivity index is 2.87. The molecule has 4 nitrogen and oxygen atoms in total. The highest BCUT2D eigenvalue weighted by molar-refractivity contribution is 5.93. The molecular weight excluding hydrogens is 146 g/mol. The molecule has 1 rings (SSSR count). The summed E-state index contributed by atoms with van der Waals surface area (Å²) in [6.07, 6.45) is 0.253. The molecule has 0 saturated heterocycles. The number of nitrogens with one attached hydrogen (secondary N) is 1. The third kappa shape index (κ3) is 1.24. The zero-order chi connectivity index (χ0) is 8.43. The fourth-order valence-corrected chi connectivity index (χ4v) is 0.904. The van der Waals surface area contributed by atoms with Crippen LogP contribution in [0.3, 0.4) is 0 Å². The van der Waals surface area contributed by atoms with Gasteiger partial charge in [-0.3, -0.25) is 4.79 Å². The molecule has 4 heteroatoms. The van der Waals surface area contributed by atoms with Crippen LogP contribution < -0.4 is 5.32 Å². The Morgan fingerprint density at radius 3 is 2.64 bits per heavy atom. The van der Waals surface area contributed by atoms with Crippen molar-refractivity contribution >= 4 is 12.4 Å². The molecule has 0 spiro atoms. The number of ether oxygens (including phenoxy) is 1. The number of rotatable bonds is 2. The Hall–Kier alpha value is -1.32. The van der Waals surface area contributed by atoms with E-state index in [-0.39, 0.29) is 11.8 Å². The largest absolute Gasteiger partial charge is 0.453 e. The lowest BCUT2D eigenvalue weighted by atomic mass is 10.2. The highest BCUT2D eigenvalue weighted by Crippen LogP contribution is 2.18. The number of amides is 1. The van der Waals surface area contributed by atoms with Crippen molar-refractivity contribution in [3.63, 3.8) is 0 Å². The SMILES string of the molecule is CC1=C(NC=O)C(=O)OC1C. The Morgan fingerprint density at radius 1 is 1.64 bits per heavy atom. The minimum Gasteiger partial charge on any atom is -0.453 e. The maximum Gasteiger partial charge on any atom is 0.355 e. The van der Waals surface area contributed by atoms with Gasteiger partial charge in [0.25, 0.3) is 0 Å². The minimum absolute atomic E-state index is 0.218. The summed E-state index contributed by atoms with van der Waals surface area (Å²) in [5.74, 6) is -0.456. The maximum atomic E-state index is 10.9. The topological polar surface area (TPSA) is 55.4 Å². The number of hydrogen-bond donors (Lipinski definition) is 1. The highest BCUT2D eigenvalue weighted by atomic mass is 16.5. The zero-order valence-electron chi connectivity index (χ0n) is 6.38. The van der Waals surface area contributed by atoms with E-state index in [0.717, 1.165) is 5.57 Å². The van der Waals surface area contributed by atoms with Crippen LogP contribution in [-0.2, 0) is 14.3 Å². The molecule has 1 atom stereocenters. The predicted molar refractivity (Wildman–Crippen MR) is 37.5 cm³/mol. The molecule has 1 amide bonds. The van der Waals surface area contributed by atoms with Crippen molar-refractivity contribution < 1.29 is 14.3 Å². The number of cyclic esters (lactones) is 1. The van der Waals surface area contributed by atoms with E-state index >= 15 is 0 Å². The molecule has 1 heterocycles. The smallest absolute Gasteiger partial charge is 0.355 e. The highest BCUT2D eigenvalue weighted by Gasteiger charge is 2.27. The predicted octanol–water partition coefficient (Wildman–Crippen LogP) is -0.0483. The molecule has 1 aliphatic rings. The number of carbonyl (C=O) groups is 2. The molecule has 0 saturated carbocycles. The quantitative estimate of drug-likeness (QED) is 0.449. The van der Waals surface area contributed by atoms with Crippen molar-refractivity contribution in [2.24, 2.45) is 0 Å². The van der Waals surface area contributed by atoms with E-state index in [1.54, 1.807) is 13.8 Å². The Labute approximate surface area is 64.2 Å². The molecule has 0 aromatic rings. The number of carbonyl (C=O) groups excluding carboxylic acids is 2. The van der Waals surface area contributed by atoms with Gasteiger partial charge in [-0.05, 0) is 19.4 Å². The van der Waals surface area contributed by atoms with Crippen LogP contribution in [0.5, 0.6) is 0 Å². The van der Waals surface area contributed by atoms with Crippen LogP contribution >= 0.6 is 0 Å². The van der Waals surface area contributed by atoms with Gasteiger partial charge < -0.3 is 10.1 Å². The van der Waals surface area contributed by atoms with E-state index < -0.39 is 5.97 Å². The second-order valence-electron chi connectivity index (χ2n) is 2.37. The van der Waals surface area contributed by atoms with Crippen LogP contribution in [0.4, 0.5) is 0 Å². The lowest BCUT2D eigenvalue weighted by Crippen LogP contribution is -2.16. The molecule has 1 N–H and O–H groups in total. The molecule has 0 aliphatic carbocycles. The van der Waals surface area contributed by atoms with Gasteiger partial charge >= 0.3 is 5.97 Å². The van der Waals surface area contributed by atoms with Gasteiger partial charge in [0.15, 0.2) is 0 Å². The van der Waals surface area contributed by atoms with Crippen molar-refractivity contribution in [3.05, 3.63) is 11.3 Å². The van der Waals surface area contributed by atoms with Crippen molar-refractivity contribution in [2.75, 3.05) is 0 Å². The molecular formula is C7H9NO3. The first-order chi connectivity index (χ1) is 5.16. The first kappa shape index (κ1) is 7.78. The normalized spacial score (nSPS) is 23.5. The summed E-state index contributed by atoms with van der Waals surface area (Å²) in [6, 6.07) is 0. The van der Waals surface area contributed by atoms with Gasteiger partial charge in [-0.2, -0.15) is 0 Å². The molecule has 11 heavy (non-hydrogen) atoms. The molecule has 1 unspecified atom stereocenters. The van der Waals surface area contributed by atoms with Crippen LogP contribution in [0.2, 0.25) is 0 Å². The standard InChI is InChI=1S/C7H9NO3/c1-4-5(2)11-7(10)6(4)8-3-9/h3,5H,1-2H3,(H,8,9). The van der Waals surface area contributed by atoms with Crippen molar-refractivity contribution in [1.29, 1.82) is 0 Å². The van der Waals surface area contributed by atoms with Gasteiger partial charge in [-0.1, -0.05) is 0 Å². The van der Waals surface area contributed by atoms with E-state index in [2.05, 4.69) is 5.32 Å². The summed E-state index contributed by atoms with van der Waals surface area (Å²) in [4.78, 5) is 20.9. The second kappa shape index (κ2) is 2.74. The molecule has 0 fully saturated rings. The Bertz CT molecular complexity index is 232. The molecule has 60 valence electrons. The second-order valence-corrected chi connectivity index (χ2v) is 2.37. The van der Waals surface area contributed by atoms with Gasteiger partial charge in [-0.15, -0.1) is 0 Å². The van der Waals surface area contributed by atoms with E-state index in [9.17, 15) is 9.59 Å². The van der Waals surface area contributed by atoms with Crippen LogP contribution in [-0.4, -0.2) is 18.5 Å². The molecule has 1 aliphatic heterocycles. The molecule has 0 bridgehead atoms. The molecule has 0 radical (unpaired) electrons. The number of hydrogen-bond acceptors (Lipinski definition) is 3.